The number of carboxylic acid groups (broad SMARTS) is 1. The number of aromatic nitrogens is 1. The zero-order chi connectivity index (χ0) is 23.5. The number of carbonyl (C=O) groups is 2. The highest BCUT2D eigenvalue weighted by Crippen LogP contribution is 2.33. The maximum atomic E-state index is 13.0. The summed E-state index contributed by atoms with van der Waals surface area (Å²) in [5.41, 5.74) is 5.24. The van der Waals surface area contributed by atoms with Gasteiger partial charge < -0.3 is 14.7 Å². The van der Waals surface area contributed by atoms with Crippen LogP contribution in [0.1, 0.15) is 37.4 Å². The monoisotopic (exact) mass is 446 g/mol. The molecular formula is C27H30N2O4. The summed E-state index contributed by atoms with van der Waals surface area (Å²) < 4.78 is 6.02. The van der Waals surface area contributed by atoms with E-state index in [1.165, 1.54) is 11.1 Å². The van der Waals surface area contributed by atoms with Gasteiger partial charge in [-0.15, -0.1) is 0 Å². The smallest absolute Gasteiger partial charge is 0.303 e. The summed E-state index contributed by atoms with van der Waals surface area (Å²) in [6, 6.07) is 16.2. The molecule has 6 heteroatoms. The molecule has 0 radical (unpaired) electrons. The number of carbonyl (C=O) groups excluding carboxylic acids is 1. The summed E-state index contributed by atoms with van der Waals surface area (Å²) in [7, 11) is 0. The molecule has 33 heavy (non-hydrogen) atoms. The van der Waals surface area contributed by atoms with E-state index in [4.69, 9.17) is 14.8 Å². The third-order valence-corrected chi connectivity index (χ3v) is 6.30. The topological polar surface area (TPSA) is 79.7 Å². The second-order valence-electron chi connectivity index (χ2n) is 8.96. The van der Waals surface area contributed by atoms with E-state index < -0.39 is 12.1 Å². The Balaban J connectivity index is 1.54. The molecule has 1 aromatic heterocycles. The molecule has 4 rings (SSSR count). The number of hydrogen-bond donors (Lipinski definition) is 1. The molecule has 2 atom stereocenters. The molecule has 1 amide bonds. The van der Waals surface area contributed by atoms with Gasteiger partial charge in [0.2, 0.25) is 0 Å². The van der Waals surface area contributed by atoms with Gasteiger partial charge in [-0.3, -0.25) is 14.6 Å². The minimum Gasteiger partial charge on any atom is -0.481 e. The van der Waals surface area contributed by atoms with Crippen molar-refractivity contribution >= 4 is 22.8 Å². The average molecular weight is 447 g/mol. The Morgan fingerprint density at radius 2 is 1.94 bits per heavy atom. The molecule has 1 N–H and O–H groups in total. The zero-order valence-corrected chi connectivity index (χ0v) is 19.4. The second-order valence-corrected chi connectivity index (χ2v) is 8.96. The van der Waals surface area contributed by atoms with E-state index in [9.17, 15) is 9.59 Å². The number of piperidine rings is 1. The highest BCUT2D eigenvalue weighted by Gasteiger charge is 2.29. The second kappa shape index (κ2) is 9.61. The van der Waals surface area contributed by atoms with Gasteiger partial charge in [-0.1, -0.05) is 24.3 Å². The maximum Gasteiger partial charge on any atom is 0.303 e. The van der Waals surface area contributed by atoms with Gasteiger partial charge in [0.05, 0.1) is 5.52 Å². The number of ether oxygens (including phenoxy) is 1. The first-order chi connectivity index (χ1) is 15.8. The summed E-state index contributed by atoms with van der Waals surface area (Å²) >= 11 is 0. The fourth-order valence-corrected chi connectivity index (χ4v) is 4.70. The highest BCUT2D eigenvalue weighted by atomic mass is 16.5. The normalized spacial score (nSPS) is 17.1. The van der Waals surface area contributed by atoms with Crippen LogP contribution in [-0.4, -0.2) is 46.1 Å². The molecule has 6 nitrogen and oxygen atoms in total. The van der Waals surface area contributed by atoms with Crippen LogP contribution in [0.2, 0.25) is 0 Å². The maximum absolute atomic E-state index is 13.0. The van der Waals surface area contributed by atoms with E-state index in [1.807, 2.05) is 37.3 Å². The number of hydrogen-bond acceptors (Lipinski definition) is 4. The van der Waals surface area contributed by atoms with Crippen molar-refractivity contribution in [2.24, 2.45) is 5.92 Å². The molecule has 1 aliphatic rings. The van der Waals surface area contributed by atoms with Crippen LogP contribution in [0.25, 0.3) is 22.0 Å². The van der Waals surface area contributed by atoms with E-state index in [2.05, 4.69) is 25.1 Å². The summed E-state index contributed by atoms with van der Waals surface area (Å²) in [6.07, 6.45) is 1.09. The van der Waals surface area contributed by atoms with Crippen LogP contribution in [0.3, 0.4) is 0 Å². The van der Waals surface area contributed by atoms with E-state index in [-0.39, 0.29) is 18.2 Å². The Hall–Kier alpha value is -3.41. The van der Waals surface area contributed by atoms with Crippen molar-refractivity contribution in [1.29, 1.82) is 0 Å². The molecule has 0 saturated carbocycles. The third kappa shape index (κ3) is 5.16. The zero-order valence-electron chi connectivity index (χ0n) is 19.4. The van der Waals surface area contributed by atoms with Crippen LogP contribution in [0.5, 0.6) is 5.75 Å². The van der Waals surface area contributed by atoms with Crippen LogP contribution >= 0.6 is 0 Å². The van der Waals surface area contributed by atoms with Crippen molar-refractivity contribution in [2.45, 2.75) is 46.1 Å². The molecule has 172 valence electrons. The Labute approximate surface area is 194 Å². The van der Waals surface area contributed by atoms with Crippen molar-refractivity contribution < 1.29 is 19.4 Å². The predicted molar refractivity (Wildman–Crippen MR) is 128 cm³/mol. The summed E-state index contributed by atoms with van der Waals surface area (Å²) in [5.74, 6) is -0.331. The first kappa shape index (κ1) is 22.8. The molecule has 0 bridgehead atoms. The number of pyridine rings is 1. The SMILES string of the molecule is Cc1cc(-c2ccccc2C)c2ccc(O[C@H](C)C(=O)N3CCC[C@H](CC(=O)O)C3)cc2n1. The van der Waals surface area contributed by atoms with E-state index in [1.54, 1.807) is 11.8 Å². The lowest BCUT2D eigenvalue weighted by Gasteiger charge is -2.33. The van der Waals surface area contributed by atoms with Crippen molar-refractivity contribution in [2.75, 3.05) is 13.1 Å². The van der Waals surface area contributed by atoms with Gasteiger partial charge in [0.1, 0.15) is 5.75 Å². The largest absolute Gasteiger partial charge is 0.481 e. The van der Waals surface area contributed by atoms with Gasteiger partial charge in [-0.05, 0) is 74.4 Å². The quantitative estimate of drug-likeness (QED) is 0.576. The number of rotatable bonds is 6. The van der Waals surface area contributed by atoms with Crippen molar-refractivity contribution in [3.05, 3.63) is 59.8 Å². The molecule has 0 spiro atoms. The van der Waals surface area contributed by atoms with Gasteiger partial charge in [0.25, 0.3) is 5.91 Å². The number of benzene rings is 2. The van der Waals surface area contributed by atoms with Crippen LogP contribution in [0.4, 0.5) is 0 Å². The standard InChI is InChI=1S/C27H30N2O4/c1-17-7-4-5-9-22(17)24-13-18(2)28-25-15-21(10-11-23(24)25)33-19(3)27(32)29-12-6-8-20(16-29)14-26(30)31/h4-5,7,9-11,13,15,19-20H,6,8,12,14,16H2,1-3H3,(H,30,31)/t19-,20-/m1/s1. The number of amides is 1. The summed E-state index contributed by atoms with van der Waals surface area (Å²) in [5, 5.41) is 10.1. The van der Waals surface area contributed by atoms with Gasteiger partial charge in [-0.2, -0.15) is 0 Å². The Morgan fingerprint density at radius 3 is 2.70 bits per heavy atom. The van der Waals surface area contributed by atoms with Crippen LogP contribution < -0.4 is 4.74 Å². The average Bonchev–Trinajstić information content (AvgIpc) is 2.78. The van der Waals surface area contributed by atoms with Crippen LogP contribution in [-0.2, 0) is 9.59 Å². The minimum atomic E-state index is -0.817. The van der Waals surface area contributed by atoms with E-state index >= 15 is 0 Å². The van der Waals surface area contributed by atoms with Crippen molar-refractivity contribution in [3.63, 3.8) is 0 Å². The first-order valence-corrected chi connectivity index (χ1v) is 11.5. The molecule has 2 heterocycles. The van der Waals surface area contributed by atoms with E-state index in [0.29, 0.717) is 18.8 Å². The first-order valence-electron chi connectivity index (χ1n) is 11.5. The van der Waals surface area contributed by atoms with Gasteiger partial charge >= 0.3 is 5.97 Å². The van der Waals surface area contributed by atoms with Crippen molar-refractivity contribution in [3.8, 4) is 16.9 Å². The van der Waals surface area contributed by atoms with Gasteiger partial charge in [-0.25, -0.2) is 0 Å². The molecule has 2 aromatic carbocycles. The minimum absolute atomic E-state index is 0.000100. The summed E-state index contributed by atoms with van der Waals surface area (Å²) in [6.45, 7) is 6.93. The fraction of sp³-hybridized carbons (Fsp3) is 0.370. The highest BCUT2D eigenvalue weighted by molar-refractivity contribution is 5.96. The lowest BCUT2D eigenvalue weighted by molar-refractivity contribution is -0.143. The molecule has 1 aliphatic heterocycles. The molecule has 1 fully saturated rings. The molecule has 3 aromatic rings. The van der Waals surface area contributed by atoms with Gasteiger partial charge in [0, 0.05) is 36.7 Å². The van der Waals surface area contributed by atoms with Crippen LogP contribution in [0, 0.1) is 19.8 Å². The van der Waals surface area contributed by atoms with Crippen LogP contribution in [0.15, 0.2) is 48.5 Å². The van der Waals surface area contributed by atoms with E-state index in [0.717, 1.165) is 35.0 Å². The predicted octanol–water partition coefficient (Wildman–Crippen LogP) is 5.00. The van der Waals surface area contributed by atoms with Crippen molar-refractivity contribution in [1.82, 2.24) is 9.88 Å². The number of aliphatic carboxylic acids is 1. The molecule has 1 saturated heterocycles. The number of fused-ring (bicyclic) bond motifs is 1. The van der Waals surface area contributed by atoms with Gasteiger partial charge in [0.15, 0.2) is 6.10 Å². The lowest BCUT2D eigenvalue weighted by Crippen LogP contribution is -2.46. The fourth-order valence-electron chi connectivity index (χ4n) is 4.70. The lowest BCUT2D eigenvalue weighted by atomic mass is 9.94. The summed E-state index contributed by atoms with van der Waals surface area (Å²) in [4.78, 5) is 30.5. The molecule has 0 aliphatic carbocycles. The number of carboxylic acids is 1. The molecule has 0 unspecified atom stereocenters. The third-order valence-electron chi connectivity index (χ3n) is 6.30. The number of likely N-dealkylation sites (tertiary alicyclic amines) is 1. The molecular weight excluding hydrogens is 416 g/mol. The number of nitrogens with zero attached hydrogens (tertiary/aromatic N) is 2. The Bertz CT molecular complexity index is 1190. The Morgan fingerprint density at radius 1 is 1.15 bits per heavy atom. The Kier molecular flexibility index (Phi) is 6.63. The number of aryl methyl sites for hydroxylation is 2.